The molecule has 2 unspecified atom stereocenters. The van der Waals surface area contributed by atoms with Crippen molar-refractivity contribution >= 4 is 29.4 Å². The molecule has 1 aromatic rings. The van der Waals surface area contributed by atoms with E-state index >= 15 is 0 Å². The summed E-state index contributed by atoms with van der Waals surface area (Å²) in [6.45, 7) is 1.28. The minimum atomic E-state index is -1.30. The summed E-state index contributed by atoms with van der Waals surface area (Å²) in [5.74, 6) is -1.92. The minimum absolute atomic E-state index is 0.0387. The lowest BCUT2D eigenvalue weighted by molar-refractivity contribution is -0.151. The molecule has 0 bridgehead atoms. The maximum absolute atomic E-state index is 12.3. The van der Waals surface area contributed by atoms with Crippen LogP contribution in [0, 0.1) is 0 Å². The number of nitrogens with one attached hydrogen (secondary N) is 1. The summed E-state index contributed by atoms with van der Waals surface area (Å²) in [7, 11) is 1.41. The summed E-state index contributed by atoms with van der Waals surface area (Å²) in [5.41, 5.74) is -0.917. The highest BCUT2D eigenvalue weighted by molar-refractivity contribution is 6.27. The molecule has 2 rings (SSSR count). The molecule has 1 saturated heterocycles. The second kappa shape index (κ2) is 8.68. The molecule has 2 amide bonds. The van der Waals surface area contributed by atoms with E-state index in [2.05, 4.69) is 5.32 Å². The Kier molecular flexibility index (Phi) is 6.59. The van der Waals surface area contributed by atoms with Crippen LogP contribution in [-0.4, -0.2) is 59.7 Å². The summed E-state index contributed by atoms with van der Waals surface area (Å²) in [6, 6.07) is 7.70. The van der Waals surface area contributed by atoms with E-state index in [0.717, 1.165) is 4.90 Å². The maximum atomic E-state index is 12.3. The largest absolute Gasteiger partial charge is 0.484 e. The maximum Gasteiger partial charge on any atom is 0.352 e. The van der Waals surface area contributed by atoms with Gasteiger partial charge in [-0.25, -0.2) is 4.79 Å². The molecule has 8 nitrogen and oxygen atoms in total. The smallest absolute Gasteiger partial charge is 0.352 e. The first kappa shape index (κ1) is 19.7. The van der Waals surface area contributed by atoms with Crippen LogP contribution >= 0.6 is 11.6 Å². The topological polar surface area (TPSA) is 105 Å². The number of carboxylic acids is 1. The molecule has 9 heteroatoms. The zero-order chi connectivity index (χ0) is 19.3. The quantitative estimate of drug-likeness (QED) is 0.300. The van der Waals surface area contributed by atoms with Crippen LogP contribution < -0.4 is 10.1 Å². The second-order valence-corrected chi connectivity index (χ2v) is 6.04. The number of para-hydroxylation sites is 1. The Hall–Kier alpha value is -2.58. The van der Waals surface area contributed by atoms with Gasteiger partial charge >= 0.3 is 5.97 Å². The van der Waals surface area contributed by atoms with Crippen LogP contribution in [0.5, 0.6) is 5.75 Å². The number of ether oxygens (including phenoxy) is 2. The van der Waals surface area contributed by atoms with Gasteiger partial charge in [0.05, 0.1) is 6.61 Å². The average molecular weight is 383 g/mol. The Morgan fingerprint density at radius 2 is 1.92 bits per heavy atom. The molecular formula is C17H19ClN2O6. The highest BCUT2D eigenvalue weighted by Gasteiger charge is 2.50. The molecule has 26 heavy (non-hydrogen) atoms. The van der Waals surface area contributed by atoms with Gasteiger partial charge in [0.15, 0.2) is 6.61 Å². The van der Waals surface area contributed by atoms with Gasteiger partial charge in [-0.2, -0.15) is 0 Å². The molecule has 1 fully saturated rings. The van der Waals surface area contributed by atoms with Crippen molar-refractivity contribution in [2.45, 2.75) is 18.5 Å². The summed E-state index contributed by atoms with van der Waals surface area (Å²) < 4.78 is 10.2. The van der Waals surface area contributed by atoms with Crippen molar-refractivity contribution in [2.24, 2.45) is 0 Å². The Balaban J connectivity index is 1.97. The van der Waals surface area contributed by atoms with E-state index in [-0.39, 0.29) is 18.9 Å². The number of β-lactam (4-membered cyclic amide) rings is 1. The molecule has 0 aliphatic carbocycles. The molecule has 0 aromatic heterocycles. The van der Waals surface area contributed by atoms with Crippen LogP contribution in [0.15, 0.2) is 41.6 Å². The van der Waals surface area contributed by atoms with Gasteiger partial charge < -0.3 is 19.9 Å². The number of hydrogen-bond donors (Lipinski definition) is 2. The molecule has 1 heterocycles. The van der Waals surface area contributed by atoms with E-state index in [1.54, 1.807) is 24.3 Å². The van der Waals surface area contributed by atoms with E-state index in [0.29, 0.717) is 11.3 Å². The summed E-state index contributed by atoms with van der Waals surface area (Å²) in [4.78, 5) is 36.6. The molecule has 1 aliphatic rings. The van der Waals surface area contributed by atoms with Crippen molar-refractivity contribution in [3.8, 4) is 5.75 Å². The summed E-state index contributed by atoms with van der Waals surface area (Å²) in [6.07, 6.45) is 0. The molecular weight excluding hydrogens is 364 g/mol. The second-order valence-electron chi connectivity index (χ2n) is 5.59. The number of hydrogen-bond acceptors (Lipinski definition) is 5. The first-order valence-corrected chi connectivity index (χ1v) is 8.16. The van der Waals surface area contributed by atoms with Gasteiger partial charge in [0.25, 0.3) is 11.8 Å². The van der Waals surface area contributed by atoms with Gasteiger partial charge in [-0.3, -0.25) is 14.5 Å². The third-order valence-electron chi connectivity index (χ3n) is 3.66. The van der Waals surface area contributed by atoms with Crippen LogP contribution in [-0.2, 0) is 19.1 Å². The first-order chi connectivity index (χ1) is 12.4. The molecule has 1 aliphatic heterocycles. The van der Waals surface area contributed by atoms with E-state index in [9.17, 15) is 19.5 Å². The zero-order valence-electron chi connectivity index (χ0n) is 14.3. The van der Waals surface area contributed by atoms with Gasteiger partial charge in [-0.05, 0) is 24.6 Å². The Morgan fingerprint density at radius 1 is 1.27 bits per heavy atom. The lowest BCUT2D eigenvalue weighted by Gasteiger charge is -2.43. The molecule has 0 saturated carbocycles. The average Bonchev–Trinajstić information content (AvgIpc) is 2.62. The Bertz CT molecular complexity index is 721. The van der Waals surface area contributed by atoms with Crippen molar-refractivity contribution in [1.82, 2.24) is 10.2 Å². The molecule has 2 atom stereocenters. The lowest BCUT2D eigenvalue weighted by atomic mass is 10.0. The number of benzene rings is 1. The SMILES string of the molecule is COCC(C)=C(C(=O)O)N1C(=O)C(NC(=O)COc2ccccc2)C1Cl. The van der Waals surface area contributed by atoms with Gasteiger partial charge in [0, 0.05) is 7.11 Å². The molecule has 1 aromatic carbocycles. The normalized spacial score (nSPS) is 20.1. The number of alkyl halides is 1. The van der Waals surface area contributed by atoms with Gasteiger partial charge in [0.1, 0.15) is 23.0 Å². The fourth-order valence-corrected chi connectivity index (χ4v) is 2.84. The fourth-order valence-electron chi connectivity index (χ4n) is 2.48. The highest BCUT2D eigenvalue weighted by Crippen LogP contribution is 2.30. The van der Waals surface area contributed by atoms with Crippen LogP contribution in [0.1, 0.15) is 6.92 Å². The molecule has 2 N–H and O–H groups in total. The minimum Gasteiger partial charge on any atom is -0.484 e. The Morgan fingerprint density at radius 3 is 2.46 bits per heavy atom. The number of likely N-dealkylation sites (tertiary alicyclic amines) is 1. The number of halogens is 1. The van der Waals surface area contributed by atoms with Gasteiger partial charge in [-0.1, -0.05) is 29.8 Å². The molecule has 0 spiro atoms. The van der Waals surface area contributed by atoms with Crippen LogP contribution in [0.4, 0.5) is 0 Å². The van der Waals surface area contributed by atoms with Crippen LogP contribution in [0.3, 0.4) is 0 Å². The third-order valence-corrected chi connectivity index (χ3v) is 4.11. The van der Waals surface area contributed by atoms with E-state index in [1.165, 1.54) is 14.0 Å². The number of amides is 2. The predicted octanol–water partition coefficient (Wildman–Crippen LogP) is 0.962. The van der Waals surface area contributed by atoms with Crippen LogP contribution in [0.25, 0.3) is 0 Å². The molecule has 140 valence electrons. The number of carboxylic acid groups (broad SMARTS) is 1. The monoisotopic (exact) mass is 382 g/mol. The van der Waals surface area contributed by atoms with E-state index in [4.69, 9.17) is 21.1 Å². The van der Waals surface area contributed by atoms with Crippen molar-refractivity contribution in [3.63, 3.8) is 0 Å². The third kappa shape index (κ3) is 4.33. The number of aliphatic carboxylic acids is 1. The number of methoxy groups -OCH3 is 1. The standard InChI is InChI=1S/C17H19ClN2O6/c1-10(8-25-2)14(17(23)24)20-15(18)13(16(20)22)19-12(21)9-26-11-6-4-3-5-7-11/h3-7,13,15H,8-9H2,1-2H3,(H,19,21)(H,23,24). The van der Waals surface area contributed by atoms with Gasteiger partial charge in [0.2, 0.25) is 0 Å². The number of rotatable bonds is 8. The van der Waals surface area contributed by atoms with Crippen molar-refractivity contribution in [2.75, 3.05) is 20.3 Å². The number of carbonyl (C=O) groups is 3. The molecule has 0 radical (unpaired) electrons. The number of carbonyl (C=O) groups excluding carboxylic acids is 2. The highest BCUT2D eigenvalue weighted by atomic mass is 35.5. The summed E-state index contributed by atoms with van der Waals surface area (Å²) in [5, 5.41) is 11.8. The number of nitrogens with zero attached hydrogens (tertiary/aromatic N) is 1. The van der Waals surface area contributed by atoms with E-state index in [1.807, 2.05) is 6.07 Å². The Labute approximate surface area is 155 Å². The fraction of sp³-hybridized carbons (Fsp3) is 0.353. The van der Waals surface area contributed by atoms with E-state index < -0.39 is 29.3 Å². The summed E-state index contributed by atoms with van der Waals surface area (Å²) >= 11 is 6.13. The first-order valence-electron chi connectivity index (χ1n) is 7.73. The van der Waals surface area contributed by atoms with Crippen LogP contribution in [0.2, 0.25) is 0 Å². The predicted molar refractivity (Wildman–Crippen MR) is 92.6 cm³/mol. The zero-order valence-corrected chi connectivity index (χ0v) is 15.0. The lowest BCUT2D eigenvalue weighted by Crippen LogP contribution is -2.69. The van der Waals surface area contributed by atoms with Crippen molar-refractivity contribution in [3.05, 3.63) is 41.6 Å². The van der Waals surface area contributed by atoms with Crippen molar-refractivity contribution < 1.29 is 29.0 Å². The van der Waals surface area contributed by atoms with Gasteiger partial charge in [-0.15, -0.1) is 0 Å². The van der Waals surface area contributed by atoms with Crippen molar-refractivity contribution in [1.29, 1.82) is 0 Å².